The monoisotopic (exact) mass is 267 g/mol. The first kappa shape index (κ1) is 11.7. The van der Waals surface area contributed by atoms with E-state index in [1.807, 2.05) is 29.2 Å². The van der Waals surface area contributed by atoms with Crippen molar-refractivity contribution in [2.24, 2.45) is 0 Å². The third-order valence-corrected chi connectivity index (χ3v) is 4.19. The number of aryl methyl sites for hydroxylation is 1. The molecule has 1 amide bonds. The van der Waals surface area contributed by atoms with Gasteiger partial charge in [-0.05, 0) is 43.4 Å². The molecule has 1 aromatic carbocycles. The second kappa shape index (κ2) is 4.47. The fourth-order valence-electron chi connectivity index (χ4n) is 2.93. The van der Waals surface area contributed by atoms with E-state index in [1.165, 1.54) is 18.4 Å². The van der Waals surface area contributed by atoms with Gasteiger partial charge in [0.1, 0.15) is 0 Å². The lowest BCUT2D eigenvalue weighted by molar-refractivity contribution is 0.0980. The van der Waals surface area contributed by atoms with Crippen LogP contribution in [0.1, 0.15) is 46.9 Å². The molecule has 0 unspecified atom stereocenters. The van der Waals surface area contributed by atoms with E-state index in [-0.39, 0.29) is 5.91 Å². The van der Waals surface area contributed by atoms with E-state index in [2.05, 4.69) is 16.3 Å². The van der Waals surface area contributed by atoms with Gasteiger partial charge in [0.15, 0.2) is 5.69 Å². The zero-order valence-electron chi connectivity index (χ0n) is 11.3. The Kier molecular flexibility index (Phi) is 2.62. The van der Waals surface area contributed by atoms with Crippen LogP contribution in [0.25, 0.3) is 0 Å². The predicted molar refractivity (Wildman–Crippen MR) is 77.0 cm³/mol. The SMILES string of the molecule is O=C(c1cc(C2CC2)[nH]n1)N1CCCc2ccccc21. The molecular weight excluding hydrogens is 250 g/mol. The Hall–Kier alpha value is -2.10. The maximum absolute atomic E-state index is 12.7. The molecule has 0 radical (unpaired) electrons. The Morgan fingerprint density at radius 1 is 1.30 bits per heavy atom. The van der Waals surface area contributed by atoms with E-state index < -0.39 is 0 Å². The highest BCUT2D eigenvalue weighted by Gasteiger charge is 2.29. The van der Waals surface area contributed by atoms with Gasteiger partial charge in [-0.25, -0.2) is 0 Å². The number of hydrogen-bond acceptors (Lipinski definition) is 2. The van der Waals surface area contributed by atoms with E-state index in [4.69, 9.17) is 0 Å². The number of aromatic amines is 1. The maximum atomic E-state index is 12.7. The Morgan fingerprint density at radius 2 is 2.15 bits per heavy atom. The number of rotatable bonds is 2. The average molecular weight is 267 g/mol. The van der Waals surface area contributed by atoms with Crippen molar-refractivity contribution in [3.8, 4) is 0 Å². The summed E-state index contributed by atoms with van der Waals surface area (Å²) in [6.45, 7) is 0.779. The van der Waals surface area contributed by atoms with Crippen molar-refractivity contribution in [3.63, 3.8) is 0 Å². The quantitative estimate of drug-likeness (QED) is 0.909. The predicted octanol–water partition coefficient (Wildman–Crippen LogP) is 2.88. The molecule has 2 aromatic rings. The zero-order valence-corrected chi connectivity index (χ0v) is 11.3. The summed E-state index contributed by atoms with van der Waals surface area (Å²) in [4.78, 5) is 14.5. The summed E-state index contributed by atoms with van der Waals surface area (Å²) in [6, 6.07) is 10.1. The van der Waals surface area contributed by atoms with E-state index in [0.29, 0.717) is 11.6 Å². The lowest BCUT2D eigenvalue weighted by atomic mass is 10.0. The summed E-state index contributed by atoms with van der Waals surface area (Å²) in [5.74, 6) is 0.609. The average Bonchev–Trinajstić information content (AvgIpc) is 3.23. The molecule has 0 bridgehead atoms. The number of carbonyl (C=O) groups excluding carboxylic acids is 1. The highest BCUT2D eigenvalue weighted by molar-refractivity contribution is 6.05. The van der Waals surface area contributed by atoms with E-state index in [0.717, 1.165) is 30.8 Å². The van der Waals surface area contributed by atoms with Crippen LogP contribution >= 0.6 is 0 Å². The number of anilines is 1. The minimum Gasteiger partial charge on any atom is -0.307 e. The fourth-order valence-corrected chi connectivity index (χ4v) is 2.93. The number of nitrogens with one attached hydrogen (secondary N) is 1. The molecule has 0 atom stereocenters. The number of para-hydroxylation sites is 1. The Bertz CT molecular complexity index is 657. The van der Waals surface area contributed by atoms with Crippen LogP contribution < -0.4 is 4.90 Å². The molecule has 4 rings (SSSR count). The topological polar surface area (TPSA) is 49.0 Å². The zero-order chi connectivity index (χ0) is 13.5. The molecular formula is C16H17N3O. The number of fused-ring (bicyclic) bond motifs is 1. The molecule has 1 aromatic heterocycles. The molecule has 2 aliphatic rings. The lowest BCUT2D eigenvalue weighted by Gasteiger charge is -2.28. The number of aromatic nitrogens is 2. The standard InChI is InChI=1S/C16H17N3O/c20-16(14-10-13(17-18-14)11-7-8-11)19-9-3-5-12-4-1-2-6-15(12)19/h1-2,4,6,10-11H,3,5,7-9H2,(H,17,18). The van der Waals surface area contributed by atoms with Gasteiger partial charge in [0, 0.05) is 23.8 Å². The minimum atomic E-state index is 0.0142. The number of benzene rings is 1. The second-order valence-corrected chi connectivity index (χ2v) is 5.67. The molecule has 1 saturated carbocycles. The van der Waals surface area contributed by atoms with Gasteiger partial charge in [0.2, 0.25) is 0 Å². The largest absolute Gasteiger partial charge is 0.307 e. The van der Waals surface area contributed by atoms with Crippen molar-refractivity contribution < 1.29 is 4.79 Å². The van der Waals surface area contributed by atoms with Crippen LogP contribution in [0, 0.1) is 0 Å². The van der Waals surface area contributed by atoms with Crippen LogP contribution in [0.15, 0.2) is 30.3 Å². The second-order valence-electron chi connectivity index (χ2n) is 5.67. The van der Waals surface area contributed by atoms with Crippen LogP contribution in [0.4, 0.5) is 5.69 Å². The fraction of sp³-hybridized carbons (Fsp3) is 0.375. The highest BCUT2D eigenvalue weighted by Crippen LogP contribution is 2.39. The summed E-state index contributed by atoms with van der Waals surface area (Å²) in [5.41, 5.74) is 3.95. The van der Waals surface area contributed by atoms with E-state index in [1.54, 1.807) is 0 Å². The first-order chi connectivity index (χ1) is 9.83. The summed E-state index contributed by atoms with van der Waals surface area (Å²) < 4.78 is 0. The molecule has 2 heterocycles. The number of H-pyrrole nitrogens is 1. The van der Waals surface area contributed by atoms with Gasteiger partial charge >= 0.3 is 0 Å². The van der Waals surface area contributed by atoms with Gasteiger partial charge in [0.25, 0.3) is 5.91 Å². The molecule has 4 heteroatoms. The van der Waals surface area contributed by atoms with Crippen molar-refractivity contribution in [3.05, 3.63) is 47.3 Å². The Balaban J connectivity index is 1.65. The number of amides is 1. The summed E-state index contributed by atoms with van der Waals surface area (Å²) in [5, 5.41) is 7.22. The third kappa shape index (κ3) is 1.92. The Labute approximate surface area is 117 Å². The van der Waals surface area contributed by atoms with Crippen LogP contribution in [-0.2, 0) is 6.42 Å². The normalized spacial score (nSPS) is 17.9. The van der Waals surface area contributed by atoms with Gasteiger partial charge < -0.3 is 4.90 Å². The smallest absolute Gasteiger partial charge is 0.278 e. The first-order valence-electron chi connectivity index (χ1n) is 7.28. The van der Waals surface area contributed by atoms with E-state index >= 15 is 0 Å². The van der Waals surface area contributed by atoms with Crippen molar-refractivity contribution in [2.45, 2.75) is 31.6 Å². The van der Waals surface area contributed by atoms with Gasteiger partial charge in [-0.2, -0.15) is 5.10 Å². The summed E-state index contributed by atoms with van der Waals surface area (Å²) >= 11 is 0. The molecule has 4 nitrogen and oxygen atoms in total. The molecule has 0 saturated heterocycles. The molecule has 102 valence electrons. The molecule has 1 fully saturated rings. The molecule has 1 aliphatic heterocycles. The van der Waals surface area contributed by atoms with Crippen molar-refractivity contribution >= 4 is 11.6 Å². The maximum Gasteiger partial charge on any atom is 0.278 e. The molecule has 20 heavy (non-hydrogen) atoms. The van der Waals surface area contributed by atoms with Gasteiger partial charge in [-0.15, -0.1) is 0 Å². The van der Waals surface area contributed by atoms with Gasteiger partial charge in [-0.3, -0.25) is 9.89 Å². The van der Waals surface area contributed by atoms with Crippen molar-refractivity contribution in [2.75, 3.05) is 11.4 Å². The van der Waals surface area contributed by atoms with Crippen molar-refractivity contribution in [1.82, 2.24) is 10.2 Å². The molecule has 1 aliphatic carbocycles. The number of carbonyl (C=O) groups is 1. The van der Waals surface area contributed by atoms with Gasteiger partial charge in [0.05, 0.1) is 0 Å². The first-order valence-corrected chi connectivity index (χ1v) is 7.28. The van der Waals surface area contributed by atoms with E-state index in [9.17, 15) is 4.79 Å². The van der Waals surface area contributed by atoms with Crippen LogP contribution in [0.5, 0.6) is 0 Å². The van der Waals surface area contributed by atoms with Crippen molar-refractivity contribution in [1.29, 1.82) is 0 Å². The Morgan fingerprint density at radius 3 is 3.00 bits per heavy atom. The molecule has 1 N–H and O–H groups in total. The number of hydrogen-bond donors (Lipinski definition) is 1. The molecule has 0 spiro atoms. The summed E-state index contributed by atoms with van der Waals surface area (Å²) in [6.07, 6.45) is 4.49. The van der Waals surface area contributed by atoms with Crippen LogP contribution in [0.2, 0.25) is 0 Å². The van der Waals surface area contributed by atoms with Gasteiger partial charge in [-0.1, -0.05) is 18.2 Å². The lowest BCUT2D eigenvalue weighted by Crippen LogP contribution is -2.35. The highest BCUT2D eigenvalue weighted by atomic mass is 16.2. The number of nitrogens with zero attached hydrogens (tertiary/aromatic N) is 2. The summed E-state index contributed by atoms with van der Waals surface area (Å²) in [7, 11) is 0. The minimum absolute atomic E-state index is 0.0142. The van der Waals surface area contributed by atoms with Crippen LogP contribution in [-0.4, -0.2) is 22.6 Å². The third-order valence-electron chi connectivity index (χ3n) is 4.19. The van der Waals surface area contributed by atoms with Crippen LogP contribution in [0.3, 0.4) is 0 Å².